The normalized spacial score (nSPS) is 11.1. The number of hydrogen-bond acceptors (Lipinski definition) is 3. The maximum absolute atomic E-state index is 11.5. The zero-order valence-corrected chi connectivity index (χ0v) is 11.4. The second kappa shape index (κ2) is 8.06. The van der Waals surface area contributed by atoms with Crippen LogP contribution in [0, 0.1) is 5.41 Å². The van der Waals surface area contributed by atoms with Gasteiger partial charge in [0.25, 0.3) is 0 Å². The third kappa shape index (κ3) is 8.68. The average Bonchev–Trinajstić information content (AvgIpc) is 2.24. The van der Waals surface area contributed by atoms with Gasteiger partial charge in [-0.25, -0.2) is 0 Å². The highest BCUT2D eigenvalue weighted by Crippen LogP contribution is 2.11. The van der Waals surface area contributed by atoms with Crippen molar-refractivity contribution >= 4 is 11.8 Å². The second-order valence-electron chi connectivity index (χ2n) is 5.03. The molecule has 0 heterocycles. The predicted octanol–water partition coefficient (Wildman–Crippen LogP) is 0.265. The largest absolute Gasteiger partial charge is 0.353 e. The highest BCUT2D eigenvalue weighted by atomic mass is 16.2. The van der Waals surface area contributed by atoms with Gasteiger partial charge in [0.05, 0.1) is 6.54 Å². The number of rotatable bonds is 7. The van der Waals surface area contributed by atoms with Gasteiger partial charge in [-0.3, -0.25) is 9.59 Å². The van der Waals surface area contributed by atoms with Crippen LogP contribution in [-0.2, 0) is 9.59 Å². The van der Waals surface area contributed by atoms with E-state index in [1.54, 1.807) is 0 Å². The minimum Gasteiger partial charge on any atom is -0.353 e. The highest BCUT2D eigenvalue weighted by Gasteiger charge is 2.21. The fourth-order valence-electron chi connectivity index (χ4n) is 1.08. The summed E-state index contributed by atoms with van der Waals surface area (Å²) in [6.45, 7) is 9.88. The van der Waals surface area contributed by atoms with E-state index in [1.165, 1.54) is 0 Å². The number of carbonyl (C=O) groups excluding carboxylic acids is 2. The van der Waals surface area contributed by atoms with Crippen molar-refractivity contribution in [2.45, 2.75) is 34.1 Å². The Morgan fingerprint density at radius 1 is 1.00 bits per heavy atom. The Labute approximate surface area is 104 Å². The minimum absolute atomic E-state index is 0.0455. The predicted molar refractivity (Wildman–Crippen MR) is 68.6 cm³/mol. The lowest BCUT2D eigenvalue weighted by Gasteiger charge is -2.17. The minimum atomic E-state index is -0.455. The van der Waals surface area contributed by atoms with Crippen LogP contribution in [0.3, 0.4) is 0 Å². The van der Waals surface area contributed by atoms with E-state index in [0.29, 0.717) is 6.54 Å². The smallest absolute Gasteiger partial charge is 0.239 e. The standard InChI is InChI=1S/C12H25N3O2/c1-5-6-13-7-8-14-10(16)9-15-11(17)12(2,3)4/h13H,5-9H2,1-4H3,(H,14,16)(H,15,17). The third-order valence-electron chi connectivity index (χ3n) is 2.14. The van der Waals surface area contributed by atoms with Crippen LogP contribution in [0.2, 0.25) is 0 Å². The van der Waals surface area contributed by atoms with Crippen molar-refractivity contribution in [3.05, 3.63) is 0 Å². The topological polar surface area (TPSA) is 70.2 Å². The lowest BCUT2D eigenvalue weighted by molar-refractivity contribution is -0.131. The quantitative estimate of drug-likeness (QED) is 0.562. The van der Waals surface area contributed by atoms with E-state index in [0.717, 1.165) is 19.5 Å². The molecule has 0 aliphatic carbocycles. The average molecular weight is 243 g/mol. The number of amides is 2. The van der Waals surface area contributed by atoms with E-state index in [4.69, 9.17) is 0 Å². The summed E-state index contributed by atoms with van der Waals surface area (Å²) in [5.74, 6) is -0.266. The fourth-order valence-corrected chi connectivity index (χ4v) is 1.08. The molecule has 2 amide bonds. The van der Waals surface area contributed by atoms with Crippen LogP contribution < -0.4 is 16.0 Å². The van der Waals surface area contributed by atoms with Gasteiger partial charge in [-0.15, -0.1) is 0 Å². The van der Waals surface area contributed by atoms with E-state index >= 15 is 0 Å². The Bertz CT molecular complexity index is 247. The first-order valence-corrected chi connectivity index (χ1v) is 6.13. The summed E-state index contributed by atoms with van der Waals surface area (Å²) < 4.78 is 0. The first kappa shape index (κ1) is 15.9. The molecule has 0 saturated heterocycles. The molecule has 0 aliphatic rings. The molecule has 0 aromatic rings. The van der Waals surface area contributed by atoms with Crippen molar-refractivity contribution in [1.82, 2.24) is 16.0 Å². The second-order valence-corrected chi connectivity index (χ2v) is 5.03. The van der Waals surface area contributed by atoms with Crippen molar-refractivity contribution in [3.63, 3.8) is 0 Å². The fraction of sp³-hybridized carbons (Fsp3) is 0.833. The van der Waals surface area contributed by atoms with E-state index in [-0.39, 0.29) is 18.4 Å². The molecule has 0 spiro atoms. The lowest BCUT2D eigenvalue weighted by atomic mass is 9.96. The molecule has 0 aliphatic heterocycles. The van der Waals surface area contributed by atoms with Crippen molar-refractivity contribution in [3.8, 4) is 0 Å². The molecular weight excluding hydrogens is 218 g/mol. The lowest BCUT2D eigenvalue weighted by Crippen LogP contribution is -2.43. The molecule has 5 heteroatoms. The molecule has 0 fully saturated rings. The molecule has 0 atom stereocenters. The number of carbonyl (C=O) groups is 2. The molecule has 0 saturated carbocycles. The van der Waals surface area contributed by atoms with Gasteiger partial charge in [-0.05, 0) is 13.0 Å². The Morgan fingerprint density at radius 3 is 2.18 bits per heavy atom. The zero-order chi connectivity index (χ0) is 13.3. The Morgan fingerprint density at radius 2 is 1.65 bits per heavy atom. The van der Waals surface area contributed by atoms with Gasteiger partial charge in [-0.1, -0.05) is 27.7 Å². The first-order valence-electron chi connectivity index (χ1n) is 6.13. The summed E-state index contributed by atoms with van der Waals surface area (Å²) in [6.07, 6.45) is 1.08. The summed E-state index contributed by atoms with van der Waals surface area (Å²) in [5.41, 5.74) is -0.455. The van der Waals surface area contributed by atoms with Crippen LogP contribution in [0.25, 0.3) is 0 Å². The third-order valence-corrected chi connectivity index (χ3v) is 2.14. The van der Waals surface area contributed by atoms with E-state index in [2.05, 4.69) is 22.9 Å². The number of nitrogens with one attached hydrogen (secondary N) is 3. The first-order chi connectivity index (χ1) is 7.88. The molecule has 5 nitrogen and oxygen atoms in total. The molecule has 0 aromatic heterocycles. The van der Waals surface area contributed by atoms with Crippen molar-refractivity contribution in [2.24, 2.45) is 5.41 Å². The maximum atomic E-state index is 11.5. The maximum Gasteiger partial charge on any atom is 0.239 e. The van der Waals surface area contributed by atoms with Gasteiger partial charge in [0.1, 0.15) is 0 Å². The van der Waals surface area contributed by atoms with E-state index in [1.807, 2.05) is 20.8 Å². The van der Waals surface area contributed by atoms with E-state index in [9.17, 15) is 9.59 Å². The Kier molecular flexibility index (Phi) is 7.54. The Balaban J connectivity index is 3.57. The van der Waals surface area contributed by atoms with Crippen LogP contribution in [0.15, 0.2) is 0 Å². The highest BCUT2D eigenvalue weighted by molar-refractivity contribution is 5.87. The Hall–Kier alpha value is -1.10. The summed E-state index contributed by atoms with van der Waals surface area (Å²) in [5, 5.41) is 8.51. The van der Waals surface area contributed by atoms with Gasteiger partial charge in [0.2, 0.25) is 11.8 Å². The SMILES string of the molecule is CCCNCCNC(=O)CNC(=O)C(C)(C)C. The van der Waals surface area contributed by atoms with Crippen LogP contribution in [-0.4, -0.2) is 38.0 Å². The molecule has 3 N–H and O–H groups in total. The zero-order valence-electron chi connectivity index (χ0n) is 11.4. The van der Waals surface area contributed by atoms with Gasteiger partial charge < -0.3 is 16.0 Å². The van der Waals surface area contributed by atoms with Gasteiger partial charge in [-0.2, -0.15) is 0 Å². The van der Waals surface area contributed by atoms with Crippen LogP contribution in [0.1, 0.15) is 34.1 Å². The van der Waals surface area contributed by atoms with Crippen LogP contribution in [0.4, 0.5) is 0 Å². The molecule has 0 radical (unpaired) electrons. The monoisotopic (exact) mass is 243 g/mol. The van der Waals surface area contributed by atoms with Crippen molar-refractivity contribution in [1.29, 1.82) is 0 Å². The van der Waals surface area contributed by atoms with E-state index < -0.39 is 5.41 Å². The number of hydrogen-bond donors (Lipinski definition) is 3. The molecule has 17 heavy (non-hydrogen) atoms. The van der Waals surface area contributed by atoms with Crippen molar-refractivity contribution < 1.29 is 9.59 Å². The van der Waals surface area contributed by atoms with Gasteiger partial charge >= 0.3 is 0 Å². The van der Waals surface area contributed by atoms with Gasteiger partial charge in [0, 0.05) is 18.5 Å². The summed E-state index contributed by atoms with van der Waals surface area (Å²) in [7, 11) is 0. The molecule has 0 unspecified atom stereocenters. The molecule has 0 aromatic carbocycles. The molecule has 100 valence electrons. The summed E-state index contributed by atoms with van der Waals surface area (Å²) in [4.78, 5) is 22.8. The summed E-state index contributed by atoms with van der Waals surface area (Å²) in [6, 6.07) is 0. The van der Waals surface area contributed by atoms with Crippen LogP contribution >= 0.6 is 0 Å². The van der Waals surface area contributed by atoms with Gasteiger partial charge in [0.15, 0.2) is 0 Å². The molecular formula is C12H25N3O2. The van der Waals surface area contributed by atoms with Crippen LogP contribution in [0.5, 0.6) is 0 Å². The molecule has 0 rings (SSSR count). The summed E-state index contributed by atoms with van der Waals surface area (Å²) >= 11 is 0. The molecule has 0 bridgehead atoms. The van der Waals surface area contributed by atoms with Crippen molar-refractivity contribution in [2.75, 3.05) is 26.2 Å².